The van der Waals surface area contributed by atoms with Gasteiger partial charge in [0.05, 0.1) is 13.0 Å². The summed E-state index contributed by atoms with van der Waals surface area (Å²) < 4.78 is 15.3. The molecule has 0 spiro atoms. The van der Waals surface area contributed by atoms with Crippen LogP contribution in [0.1, 0.15) is 17.9 Å². The fourth-order valence-electron chi connectivity index (χ4n) is 2.12. The molecule has 1 aromatic carbocycles. The van der Waals surface area contributed by atoms with Crippen molar-refractivity contribution >= 4 is 5.97 Å². The molecule has 16 heavy (non-hydrogen) atoms. The molecular formula is C12H12O4. The van der Waals surface area contributed by atoms with Crippen molar-refractivity contribution in [2.75, 3.05) is 13.9 Å². The number of fused-ring (bicyclic) bond motifs is 1. The van der Waals surface area contributed by atoms with Gasteiger partial charge >= 0.3 is 5.97 Å². The molecule has 1 heterocycles. The van der Waals surface area contributed by atoms with E-state index in [1.54, 1.807) is 0 Å². The number of carbonyl (C=O) groups excluding carboxylic acids is 1. The summed E-state index contributed by atoms with van der Waals surface area (Å²) in [6, 6.07) is 5.83. The van der Waals surface area contributed by atoms with Crippen LogP contribution in [0.4, 0.5) is 0 Å². The van der Waals surface area contributed by atoms with Gasteiger partial charge in [-0.1, -0.05) is 6.07 Å². The maximum atomic E-state index is 11.3. The smallest absolute Gasteiger partial charge is 0.309 e. The normalized spacial score (nSPS) is 25.3. The standard InChI is InChI=1S/C12H12O4/c1-14-12(13)9-5-8(9)7-2-3-10-11(4-7)16-6-15-10/h2-4,8-9H,5-6H2,1H3. The van der Waals surface area contributed by atoms with Gasteiger partial charge < -0.3 is 14.2 Å². The Balaban J connectivity index is 1.80. The number of benzene rings is 1. The first kappa shape index (κ1) is 9.51. The van der Waals surface area contributed by atoms with Crippen molar-refractivity contribution in [1.82, 2.24) is 0 Å². The molecule has 4 nitrogen and oxygen atoms in total. The fraction of sp³-hybridized carbons (Fsp3) is 0.417. The van der Waals surface area contributed by atoms with Crippen LogP contribution in [0.3, 0.4) is 0 Å². The van der Waals surface area contributed by atoms with E-state index in [4.69, 9.17) is 14.2 Å². The third-order valence-corrected chi connectivity index (χ3v) is 3.12. The summed E-state index contributed by atoms with van der Waals surface area (Å²) >= 11 is 0. The van der Waals surface area contributed by atoms with Crippen LogP contribution in [0.2, 0.25) is 0 Å². The SMILES string of the molecule is COC(=O)C1CC1c1ccc2c(c1)OCO2. The van der Waals surface area contributed by atoms with Gasteiger partial charge in [-0.3, -0.25) is 4.79 Å². The average molecular weight is 220 g/mol. The highest BCUT2D eigenvalue weighted by atomic mass is 16.7. The molecule has 2 aliphatic rings. The van der Waals surface area contributed by atoms with E-state index in [0.717, 1.165) is 23.5 Å². The van der Waals surface area contributed by atoms with E-state index < -0.39 is 0 Å². The van der Waals surface area contributed by atoms with Crippen LogP contribution in [0.15, 0.2) is 18.2 Å². The van der Waals surface area contributed by atoms with Crippen LogP contribution in [0.5, 0.6) is 11.5 Å². The predicted octanol–water partition coefficient (Wildman–Crippen LogP) is 1.69. The van der Waals surface area contributed by atoms with Gasteiger partial charge in [-0.05, 0) is 30.0 Å². The first-order valence-electron chi connectivity index (χ1n) is 5.27. The Morgan fingerprint density at radius 3 is 3.00 bits per heavy atom. The van der Waals surface area contributed by atoms with Crippen LogP contribution in [-0.4, -0.2) is 19.9 Å². The maximum absolute atomic E-state index is 11.3. The largest absolute Gasteiger partial charge is 0.469 e. The van der Waals surface area contributed by atoms with Gasteiger partial charge in [-0.15, -0.1) is 0 Å². The van der Waals surface area contributed by atoms with E-state index in [9.17, 15) is 4.79 Å². The number of hydrogen-bond donors (Lipinski definition) is 0. The van der Waals surface area contributed by atoms with Gasteiger partial charge in [-0.25, -0.2) is 0 Å². The number of hydrogen-bond acceptors (Lipinski definition) is 4. The van der Waals surface area contributed by atoms with Crippen molar-refractivity contribution in [3.8, 4) is 11.5 Å². The fourth-order valence-corrected chi connectivity index (χ4v) is 2.12. The van der Waals surface area contributed by atoms with Crippen LogP contribution in [0.25, 0.3) is 0 Å². The molecule has 0 bridgehead atoms. The molecule has 0 radical (unpaired) electrons. The van der Waals surface area contributed by atoms with Crippen molar-refractivity contribution in [2.45, 2.75) is 12.3 Å². The van der Waals surface area contributed by atoms with E-state index >= 15 is 0 Å². The highest BCUT2D eigenvalue weighted by Gasteiger charge is 2.45. The van der Waals surface area contributed by atoms with Crippen molar-refractivity contribution in [3.63, 3.8) is 0 Å². The van der Waals surface area contributed by atoms with E-state index in [1.807, 2.05) is 18.2 Å². The summed E-state index contributed by atoms with van der Waals surface area (Å²) in [5.74, 6) is 1.72. The maximum Gasteiger partial charge on any atom is 0.309 e. The molecule has 2 atom stereocenters. The molecule has 1 aliphatic heterocycles. The highest BCUT2D eigenvalue weighted by Crippen LogP contribution is 2.50. The van der Waals surface area contributed by atoms with E-state index in [1.165, 1.54) is 7.11 Å². The van der Waals surface area contributed by atoms with Crippen molar-refractivity contribution in [2.24, 2.45) is 5.92 Å². The summed E-state index contributed by atoms with van der Waals surface area (Å²) in [6.45, 7) is 0.282. The quantitative estimate of drug-likeness (QED) is 0.711. The average Bonchev–Trinajstić information content (AvgIpc) is 2.98. The Morgan fingerprint density at radius 2 is 2.19 bits per heavy atom. The number of esters is 1. The molecule has 1 aromatic rings. The lowest BCUT2D eigenvalue weighted by atomic mass is 10.1. The zero-order chi connectivity index (χ0) is 11.1. The number of rotatable bonds is 2. The third kappa shape index (κ3) is 1.41. The molecule has 1 fully saturated rings. The van der Waals surface area contributed by atoms with Gasteiger partial charge in [0.2, 0.25) is 6.79 Å². The second kappa shape index (κ2) is 3.40. The van der Waals surface area contributed by atoms with Gasteiger partial charge in [-0.2, -0.15) is 0 Å². The van der Waals surface area contributed by atoms with Crippen LogP contribution in [0, 0.1) is 5.92 Å². The lowest BCUT2D eigenvalue weighted by Crippen LogP contribution is -2.03. The van der Waals surface area contributed by atoms with E-state index in [-0.39, 0.29) is 24.6 Å². The summed E-state index contributed by atoms with van der Waals surface area (Å²) in [4.78, 5) is 11.3. The molecular weight excluding hydrogens is 208 g/mol. The molecule has 0 amide bonds. The second-order valence-corrected chi connectivity index (χ2v) is 4.08. The monoisotopic (exact) mass is 220 g/mol. The minimum atomic E-state index is -0.123. The predicted molar refractivity (Wildman–Crippen MR) is 55.4 cm³/mol. The molecule has 1 aliphatic carbocycles. The van der Waals surface area contributed by atoms with Crippen LogP contribution in [-0.2, 0) is 9.53 Å². The third-order valence-electron chi connectivity index (χ3n) is 3.12. The topological polar surface area (TPSA) is 44.8 Å². The number of methoxy groups -OCH3 is 1. The molecule has 4 heteroatoms. The van der Waals surface area contributed by atoms with Gasteiger partial charge in [0.15, 0.2) is 11.5 Å². The number of carbonyl (C=O) groups is 1. The molecule has 0 saturated heterocycles. The van der Waals surface area contributed by atoms with E-state index in [2.05, 4.69) is 0 Å². The Morgan fingerprint density at radius 1 is 1.38 bits per heavy atom. The van der Waals surface area contributed by atoms with Gasteiger partial charge in [0.25, 0.3) is 0 Å². The van der Waals surface area contributed by atoms with Gasteiger partial charge in [0.1, 0.15) is 0 Å². The highest BCUT2D eigenvalue weighted by molar-refractivity contribution is 5.77. The minimum absolute atomic E-state index is 0.0189. The van der Waals surface area contributed by atoms with E-state index in [0.29, 0.717) is 0 Å². The second-order valence-electron chi connectivity index (χ2n) is 4.08. The van der Waals surface area contributed by atoms with Crippen molar-refractivity contribution < 1.29 is 19.0 Å². The first-order valence-corrected chi connectivity index (χ1v) is 5.27. The Kier molecular flexibility index (Phi) is 2.02. The minimum Gasteiger partial charge on any atom is -0.469 e. The molecule has 0 N–H and O–H groups in total. The lowest BCUT2D eigenvalue weighted by molar-refractivity contribution is -0.142. The Bertz CT molecular complexity index is 441. The summed E-state index contributed by atoms with van der Waals surface area (Å²) in [5, 5.41) is 0. The summed E-state index contributed by atoms with van der Waals surface area (Å²) in [7, 11) is 1.43. The molecule has 1 saturated carbocycles. The molecule has 3 rings (SSSR count). The zero-order valence-corrected chi connectivity index (χ0v) is 8.93. The molecule has 0 aromatic heterocycles. The molecule has 84 valence electrons. The van der Waals surface area contributed by atoms with Crippen LogP contribution < -0.4 is 9.47 Å². The summed E-state index contributed by atoms with van der Waals surface area (Å²) in [5.41, 5.74) is 1.12. The van der Waals surface area contributed by atoms with Gasteiger partial charge in [0, 0.05) is 0 Å². The Hall–Kier alpha value is -1.71. The van der Waals surface area contributed by atoms with Crippen LogP contribution >= 0.6 is 0 Å². The molecule has 2 unspecified atom stereocenters. The Labute approximate surface area is 93.1 Å². The lowest BCUT2D eigenvalue weighted by Gasteiger charge is -2.01. The van der Waals surface area contributed by atoms with Crippen molar-refractivity contribution in [3.05, 3.63) is 23.8 Å². The number of ether oxygens (including phenoxy) is 3. The first-order chi connectivity index (χ1) is 7.79. The van der Waals surface area contributed by atoms with Crippen molar-refractivity contribution in [1.29, 1.82) is 0 Å². The summed E-state index contributed by atoms with van der Waals surface area (Å²) in [6.07, 6.45) is 0.867. The zero-order valence-electron chi connectivity index (χ0n) is 8.93.